The molecule has 3 aromatic carbocycles. The van der Waals surface area contributed by atoms with Crippen molar-refractivity contribution in [3.8, 4) is 23.0 Å². The van der Waals surface area contributed by atoms with Crippen LogP contribution < -0.4 is 9.47 Å². The maximum absolute atomic E-state index is 14.0. The van der Waals surface area contributed by atoms with Gasteiger partial charge in [-0.25, -0.2) is 4.39 Å². The number of halogens is 1. The lowest BCUT2D eigenvalue weighted by molar-refractivity contribution is 0.0641. The second kappa shape index (κ2) is 9.62. The number of alkyl halides is 1. The van der Waals surface area contributed by atoms with Crippen molar-refractivity contribution < 1.29 is 24.1 Å². The number of phenolic OH excluding ortho intramolecular Hbond substituents is 2. The number of likely N-dealkylation sites (tertiary alicyclic amines) is 1. The van der Waals surface area contributed by atoms with E-state index in [-0.39, 0.29) is 17.5 Å². The monoisotopic (exact) mass is 475 g/mol. The number of allylic oxidation sites excluding steroid dienone is 1. The minimum absolute atomic E-state index is 0.00437. The number of aromatic hydroxyl groups is 2. The molecule has 2 heterocycles. The van der Waals surface area contributed by atoms with Crippen LogP contribution in [0, 0.1) is 0 Å². The third-order valence-electron chi connectivity index (χ3n) is 6.89. The van der Waals surface area contributed by atoms with Gasteiger partial charge in [0.05, 0.1) is 0 Å². The lowest BCUT2D eigenvalue weighted by Gasteiger charge is -2.31. The molecule has 0 aromatic heterocycles. The number of fused-ring (bicyclic) bond motifs is 1. The molecule has 0 amide bonds. The van der Waals surface area contributed by atoms with Crippen LogP contribution in [0.15, 0.2) is 66.7 Å². The van der Waals surface area contributed by atoms with Crippen LogP contribution in [0.5, 0.6) is 23.0 Å². The third-order valence-corrected chi connectivity index (χ3v) is 6.89. The molecule has 5 rings (SSSR count). The highest BCUT2D eigenvalue weighted by molar-refractivity contribution is 5.95. The first kappa shape index (κ1) is 23.2. The van der Waals surface area contributed by atoms with Crippen LogP contribution in [0.2, 0.25) is 0 Å². The Morgan fingerprint density at radius 1 is 1.06 bits per heavy atom. The standard InChI is InChI=1S/C29H30FNO4/c1-18(31-14-4-7-27(31)30)17-34-24-11-8-20(9-12-24)29-28(21-5-3-6-22(32)15-21)19(2)25-16-23(33)10-13-26(25)35-29/h3,5-6,8-13,15-16,18,27,29,32-33H,4,7,14,17H2,1-2H3/t18-,27?,29?/m0/s1. The van der Waals surface area contributed by atoms with E-state index >= 15 is 0 Å². The molecule has 1 saturated heterocycles. The molecule has 2 N–H and O–H groups in total. The Hall–Kier alpha value is -3.51. The van der Waals surface area contributed by atoms with E-state index in [1.165, 1.54) is 0 Å². The van der Waals surface area contributed by atoms with Crippen molar-refractivity contribution in [3.05, 3.63) is 83.4 Å². The number of hydrogen-bond acceptors (Lipinski definition) is 5. The molecular weight excluding hydrogens is 445 g/mol. The summed E-state index contributed by atoms with van der Waals surface area (Å²) in [5.74, 6) is 1.75. The van der Waals surface area contributed by atoms with Crippen LogP contribution in [0.25, 0.3) is 11.1 Å². The van der Waals surface area contributed by atoms with Crippen LogP contribution in [-0.4, -0.2) is 40.6 Å². The average molecular weight is 476 g/mol. The topological polar surface area (TPSA) is 62.2 Å². The van der Waals surface area contributed by atoms with Crippen molar-refractivity contribution in [2.24, 2.45) is 0 Å². The first-order chi connectivity index (χ1) is 16.9. The SMILES string of the molecule is CC1=C(c2cccc(O)c2)C(c2ccc(OC[C@H](C)N3CCCC3F)cc2)Oc2ccc(O)cc21. The molecule has 0 spiro atoms. The fourth-order valence-electron chi connectivity index (χ4n) is 5.01. The smallest absolute Gasteiger partial charge is 0.154 e. The van der Waals surface area contributed by atoms with E-state index in [1.807, 2.05) is 49.1 Å². The minimum atomic E-state index is -0.880. The van der Waals surface area contributed by atoms with Gasteiger partial charge in [0.1, 0.15) is 35.7 Å². The Bertz CT molecular complexity index is 1240. The van der Waals surface area contributed by atoms with Gasteiger partial charge >= 0.3 is 0 Å². The summed E-state index contributed by atoms with van der Waals surface area (Å²) in [5.41, 5.74) is 4.50. The van der Waals surface area contributed by atoms with Gasteiger partial charge in [0.2, 0.25) is 0 Å². The van der Waals surface area contributed by atoms with Gasteiger partial charge in [0.15, 0.2) is 6.30 Å². The summed E-state index contributed by atoms with van der Waals surface area (Å²) in [6, 6.07) is 20.0. The van der Waals surface area contributed by atoms with Gasteiger partial charge in [-0.05, 0) is 85.9 Å². The normalized spacial score (nSPS) is 20.9. The molecule has 35 heavy (non-hydrogen) atoms. The summed E-state index contributed by atoms with van der Waals surface area (Å²) in [4.78, 5) is 1.86. The zero-order valence-electron chi connectivity index (χ0n) is 19.9. The van der Waals surface area contributed by atoms with Crippen molar-refractivity contribution in [2.45, 2.75) is 45.1 Å². The highest BCUT2D eigenvalue weighted by Crippen LogP contribution is 2.47. The van der Waals surface area contributed by atoms with E-state index in [4.69, 9.17) is 9.47 Å². The highest BCUT2D eigenvalue weighted by atomic mass is 19.1. The van der Waals surface area contributed by atoms with Crippen molar-refractivity contribution >= 4 is 11.1 Å². The quantitative estimate of drug-likeness (QED) is 0.409. The summed E-state index contributed by atoms with van der Waals surface area (Å²) < 4.78 is 26.4. The molecule has 1 fully saturated rings. The predicted octanol–water partition coefficient (Wildman–Crippen LogP) is 6.32. The zero-order chi connectivity index (χ0) is 24.5. The van der Waals surface area contributed by atoms with Gasteiger partial charge in [-0.1, -0.05) is 24.3 Å². The number of benzene rings is 3. The molecular formula is C29H30FNO4. The Morgan fingerprint density at radius 3 is 2.54 bits per heavy atom. The average Bonchev–Trinajstić information content (AvgIpc) is 3.29. The number of ether oxygens (including phenoxy) is 2. The van der Waals surface area contributed by atoms with E-state index in [1.54, 1.807) is 36.4 Å². The maximum Gasteiger partial charge on any atom is 0.154 e. The van der Waals surface area contributed by atoms with Gasteiger partial charge in [-0.2, -0.15) is 0 Å². The third kappa shape index (κ3) is 4.71. The maximum atomic E-state index is 14.0. The number of phenols is 2. The Morgan fingerprint density at radius 2 is 1.83 bits per heavy atom. The Balaban J connectivity index is 1.42. The number of hydrogen-bond donors (Lipinski definition) is 2. The molecule has 0 saturated carbocycles. The van der Waals surface area contributed by atoms with Gasteiger partial charge in [-0.3, -0.25) is 4.90 Å². The zero-order valence-corrected chi connectivity index (χ0v) is 19.9. The predicted molar refractivity (Wildman–Crippen MR) is 134 cm³/mol. The molecule has 0 aliphatic carbocycles. The van der Waals surface area contributed by atoms with Gasteiger partial charge in [-0.15, -0.1) is 0 Å². The number of nitrogens with zero attached hydrogens (tertiary/aromatic N) is 1. The Kier molecular flexibility index (Phi) is 6.39. The molecule has 2 aliphatic rings. The summed E-state index contributed by atoms with van der Waals surface area (Å²) in [6.45, 7) is 5.19. The molecule has 6 heteroatoms. The van der Waals surface area contributed by atoms with Crippen LogP contribution >= 0.6 is 0 Å². The first-order valence-corrected chi connectivity index (χ1v) is 12.0. The second-order valence-electron chi connectivity index (χ2n) is 9.31. The van der Waals surface area contributed by atoms with E-state index in [0.717, 1.165) is 46.6 Å². The molecule has 2 aliphatic heterocycles. The molecule has 182 valence electrons. The Labute approximate surface area is 205 Å². The molecule has 3 aromatic rings. The lowest BCUT2D eigenvalue weighted by atomic mass is 9.86. The summed E-state index contributed by atoms with van der Waals surface area (Å²) >= 11 is 0. The van der Waals surface area contributed by atoms with Crippen molar-refractivity contribution in [2.75, 3.05) is 13.2 Å². The molecule has 0 radical (unpaired) electrons. The van der Waals surface area contributed by atoms with Crippen molar-refractivity contribution in [3.63, 3.8) is 0 Å². The van der Waals surface area contributed by atoms with Gasteiger partial charge in [0.25, 0.3) is 0 Å². The molecule has 3 atom stereocenters. The fraction of sp³-hybridized carbons (Fsp3) is 0.310. The van der Waals surface area contributed by atoms with E-state index < -0.39 is 12.4 Å². The largest absolute Gasteiger partial charge is 0.508 e. The van der Waals surface area contributed by atoms with E-state index in [0.29, 0.717) is 18.8 Å². The molecule has 2 unspecified atom stereocenters. The van der Waals surface area contributed by atoms with Gasteiger partial charge < -0.3 is 19.7 Å². The minimum Gasteiger partial charge on any atom is -0.508 e. The van der Waals surface area contributed by atoms with E-state index in [2.05, 4.69) is 0 Å². The highest BCUT2D eigenvalue weighted by Gasteiger charge is 2.30. The van der Waals surface area contributed by atoms with Gasteiger partial charge in [0, 0.05) is 23.7 Å². The van der Waals surface area contributed by atoms with Crippen molar-refractivity contribution in [1.82, 2.24) is 4.90 Å². The summed E-state index contributed by atoms with van der Waals surface area (Å²) in [5, 5.41) is 20.2. The number of rotatable bonds is 6. The van der Waals surface area contributed by atoms with Crippen LogP contribution in [0.1, 0.15) is 49.5 Å². The van der Waals surface area contributed by atoms with Crippen molar-refractivity contribution in [1.29, 1.82) is 0 Å². The summed E-state index contributed by atoms with van der Waals surface area (Å²) in [7, 11) is 0. The van der Waals surface area contributed by atoms with Crippen LogP contribution in [0.3, 0.4) is 0 Å². The second-order valence-corrected chi connectivity index (χ2v) is 9.31. The van der Waals surface area contributed by atoms with E-state index in [9.17, 15) is 14.6 Å². The first-order valence-electron chi connectivity index (χ1n) is 12.0. The van der Waals surface area contributed by atoms with Crippen LogP contribution in [-0.2, 0) is 0 Å². The lowest BCUT2D eigenvalue weighted by Crippen LogP contribution is -2.38. The molecule has 5 nitrogen and oxygen atoms in total. The van der Waals surface area contributed by atoms with Crippen LogP contribution in [0.4, 0.5) is 4.39 Å². The molecule has 0 bridgehead atoms. The summed E-state index contributed by atoms with van der Waals surface area (Å²) in [6.07, 6.45) is 0.199. The fourth-order valence-corrected chi connectivity index (χ4v) is 5.01.